The lowest BCUT2D eigenvalue weighted by Gasteiger charge is -2.16. The molecule has 1 unspecified atom stereocenters. The van der Waals surface area contributed by atoms with E-state index in [9.17, 15) is 0 Å². The first-order valence-corrected chi connectivity index (χ1v) is 6.41. The minimum Gasteiger partial charge on any atom is -0.344 e. The van der Waals surface area contributed by atoms with Crippen molar-refractivity contribution in [3.63, 3.8) is 0 Å². The molecule has 0 bridgehead atoms. The average molecular weight is 236 g/mol. The first kappa shape index (κ1) is 13.9. The van der Waals surface area contributed by atoms with Gasteiger partial charge in [-0.15, -0.1) is 0 Å². The Labute approximate surface area is 104 Å². The van der Waals surface area contributed by atoms with Gasteiger partial charge in [-0.05, 0) is 25.3 Å². The Morgan fingerprint density at radius 1 is 1.29 bits per heavy atom. The largest absolute Gasteiger partial charge is 0.344 e. The maximum atomic E-state index is 5.74. The van der Waals surface area contributed by atoms with Crippen LogP contribution < -0.4 is 10.6 Å². The van der Waals surface area contributed by atoms with Crippen LogP contribution in [0.1, 0.15) is 38.7 Å². The number of hydrogen-bond donors (Lipinski definition) is 1. The summed E-state index contributed by atoms with van der Waals surface area (Å²) < 4.78 is 0. The Bertz CT molecular complexity index is 308. The molecule has 0 amide bonds. The van der Waals surface area contributed by atoms with E-state index in [0.717, 1.165) is 24.5 Å². The van der Waals surface area contributed by atoms with Crippen LogP contribution in [0.5, 0.6) is 0 Å². The second-order valence-corrected chi connectivity index (χ2v) is 4.70. The second kappa shape index (κ2) is 7.22. The molecule has 0 aromatic carbocycles. The molecule has 0 saturated heterocycles. The third-order valence-electron chi connectivity index (χ3n) is 2.69. The van der Waals surface area contributed by atoms with E-state index >= 15 is 0 Å². The predicted octanol–water partition coefficient (Wildman–Crippen LogP) is 1.99. The number of aromatic nitrogens is 2. The quantitative estimate of drug-likeness (QED) is 0.736. The van der Waals surface area contributed by atoms with Crippen LogP contribution in [0.15, 0.2) is 12.4 Å². The summed E-state index contributed by atoms with van der Waals surface area (Å²) in [4.78, 5) is 10.8. The molecule has 0 aliphatic carbocycles. The number of nitrogens with zero attached hydrogens (tertiary/aromatic N) is 3. The number of nitrogens with two attached hydrogens (primary N) is 1. The van der Waals surface area contributed by atoms with Gasteiger partial charge >= 0.3 is 0 Å². The topological polar surface area (TPSA) is 55.0 Å². The van der Waals surface area contributed by atoms with Crippen molar-refractivity contribution in [1.82, 2.24) is 9.97 Å². The third kappa shape index (κ3) is 5.13. The highest BCUT2D eigenvalue weighted by Crippen LogP contribution is 2.08. The Morgan fingerprint density at radius 2 is 1.94 bits per heavy atom. The van der Waals surface area contributed by atoms with Gasteiger partial charge in [0.05, 0.1) is 0 Å². The maximum Gasteiger partial charge on any atom is 0.224 e. The lowest BCUT2D eigenvalue weighted by molar-refractivity contribution is 0.693. The molecule has 4 nitrogen and oxygen atoms in total. The smallest absolute Gasteiger partial charge is 0.224 e. The number of unbranched alkanes of at least 4 members (excludes halogenated alkanes) is 2. The van der Waals surface area contributed by atoms with Gasteiger partial charge in [0.15, 0.2) is 0 Å². The number of rotatable bonds is 7. The summed E-state index contributed by atoms with van der Waals surface area (Å²) in [7, 11) is 2.04. The van der Waals surface area contributed by atoms with Gasteiger partial charge in [-0.3, -0.25) is 0 Å². The molecule has 1 heterocycles. The molecule has 0 radical (unpaired) electrons. The van der Waals surface area contributed by atoms with Crippen LogP contribution in [-0.4, -0.2) is 29.6 Å². The van der Waals surface area contributed by atoms with E-state index in [4.69, 9.17) is 5.73 Å². The molecule has 1 atom stereocenters. The van der Waals surface area contributed by atoms with Crippen molar-refractivity contribution in [2.75, 3.05) is 18.5 Å². The van der Waals surface area contributed by atoms with E-state index in [1.165, 1.54) is 19.3 Å². The van der Waals surface area contributed by atoms with Gasteiger partial charge in [0, 0.05) is 32.0 Å². The van der Waals surface area contributed by atoms with Crippen LogP contribution >= 0.6 is 0 Å². The molecule has 0 spiro atoms. The van der Waals surface area contributed by atoms with Gasteiger partial charge in [0.2, 0.25) is 5.95 Å². The normalized spacial score (nSPS) is 12.5. The fraction of sp³-hybridized carbons (Fsp3) is 0.692. The van der Waals surface area contributed by atoms with Crippen LogP contribution in [0.3, 0.4) is 0 Å². The van der Waals surface area contributed by atoms with E-state index in [-0.39, 0.29) is 6.04 Å². The van der Waals surface area contributed by atoms with Gasteiger partial charge < -0.3 is 10.6 Å². The summed E-state index contributed by atoms with van der Waals surface area (Å²) in [6.07, 6.45) is 8.27. The second-order valence-electron chi connectivity index (χ2n) is 4.70. The molecule has 1 rings (SSSR count). The van der Waals surface area contributed by atoms with Gasteiger partial charge in [0.1, 0.15) is 0 Å². The van der Waals surface area contributed by atoms with Crippen molar-refractivity contribution in [1.29, 1.82) is 0 Å². The highest BCUT2D eigenvalue weighted by molar-refractivity contribution is 5.28. The van der Waals surface area contributed by atoms with E-state index in [0.29, 0.717) is 0 Å². The Morgan fingerprint density at radius 3 is 2.47 bits per heavy atom. The standard InChI is InChI=1S/C13H24N4/c1-4-5-6-7-17(3)13-15-9-12(10-16-13)8-11(2)14/h9-11H,4-8,14H2,1-3H3. The third-order valence-corrected chi connectivity index (χ3v) is 2.69. The molecule has 0 aliphatic rings. The number of hydrogen-bond acceptors (Lipinski definition) is 4. The highest BCUT2D eigenvalue weighted by Gasteiger charge is 2.04. The number of anilines is 1. The lowest BCUT2D eigenvalue weighted by atomic mass is 10.1. The minimum atomic E-state index is 0.159. The first-order chi connectivity index (χ1) is 8.13. The van der Waals surface area contributed by atoms with E-state index in [1.54, 1.807) is 0 Å². The Kier molecular flexibility index (Phi) is 5.91. The van der Waals surface area contributed by atoms with Crippen LogP contribution in [0.25, 0.3) is 0 Å². The molecular formula is C13H24N4. The molecule has 1 aromatic rings. The monoisotopic (exact) mass is 236 g/mol. The van der Waals surface area contributed by atoms with E-state index < -0.39 is 0 Å². The van der Waals surface area contributed by atoms with Gasteiger partial charge in [0.25, 0.3) is 0 Å². The van der Waals surface area contributed by atoms with Crippen LogP contribution in [0.4, 0.5) is 5.95 Å². The van der Waals surface area contributed by atoms with Crippen LogP contribution in [0.2, 0.25) is 0 Å². The molecule has 0 fully saturated rings. The lowest BCUT2D eigenvalue weighted by Crippen LogP contribution is -2.22. The van der Waals surface area contributed by atoms with Crippen LogP contribution in [-0.2, 0) is 6.42 Å². The maximum absolute atomic E-state index is 5.74. The fourth-order valence-corrected chi connectivity index (χ4v) is 1.72. The predicted molar refractivity (Wildman–Crippen MR) is 72.2 cm³/mol. The molecule has 2 N–H and O–H groups in total. The van der Waals surface area contributed by atoms with Crippen molar-refractivity contribution < 1.29 is 0 Å². The summed E-state index contributed by atoms with van der Waals surface area (Å²) in [6, 6.07) is 0.159. The van der Waals surface area contributed by atoms with E-state index in [1.807, 2.05) is 26.4 Å². The van der Waals surface area contributed by atoms with E-state index in [2.05, 4.69) is 21.8 Å². The van der Waals surface area contributed by atoms with Crippen LogP contribution in [0, 0.1) is 0 Å². The average Bonchev–Trinajstić information content (AvgIpc) is 2.29. The summed E-state index contributed by atoms with van der Waals surface area (Å²) in [6.45, 7) is 5.21. The molecule has 4 heteroatoms. The van der Waals surface area contributed by atoms with Gasteiger partial charge in [-0.25, -0.2) is 9.97 Å². The van der Waals surface area contributed by atoms with Gasteiger partial charge in [-0.1, -0.05) is 19.8 Å². The Balaban J connectivity index is 2.48. The summed E-state index contributed by atoms with van der Waals surface area (Å²) in [5.74, 6) is 0.800. The van der Waals surface area contributed by atoms with Crippen molar-refractivity contribution in [3.8, 4) is 0 Å². The zero-order valence-corrected chi connectivity index (χ0v) is 11.2. The summed E-state index contributed by atoms with van der Waals surface area (Å²) in [5, 5.41) is 0. The van der Waals surface area contributed by atoms with Crippen molar-refractivity contribution in [2.24, 2.45) is 5.73 Å². The molecule has 17 heavy (non-hydrogen) atoms. The molecule has 1 aromatic heterocycles. The SMILES string of the molecule is CCCCCN(C)c1ncc(CC(C)N)cn1. The van der Waals surface area contributed by atoms with Gasteiger partial charge in [-0.2, -0.15) is 0 Å². The zero-order valence-electron chi connectivity index (χ0n) is 11.2. The fourth-order valence-electron chi connectivity index (χ4n) is 1.72. The Hall–Kier alpha value is -1.16. The highest BCUT2D eigenvalue weighted by atomic mass is 15.2. The molecular weight excluding hydrogens is 212 g/mol. The minimum absolute atomic E-state index is 0.159. The summed E-state index contributed by atoms with van der Waals surface area (Å²) in [5.41, 5.74) is 6.84. The molecule has 96 valence electrons. The molecule has 0 saturated carbocycles. The van der Waals surface area contributed by atoms with Crippen molar-refractivity contribution >= 4 is 5.95 Å². The van der Waals surface area contributed by atoms with Crippen molar-refractivity contribution in [2.45, 2.75) is 45.6 Å². The summed E-state index contributed by atoms with van der Waals surface area (Å²) >= 11 is 0. The zero-order chi connectivity index (χ0) is 12.7. The first-order valence-electron chi connectivity index (χ1n) is 6.41. The van der Waals surface area contributed by atoms with Crippen molar-refractivity contribution in [3.05, 3.63) is 18.0 Å². The molecule has 0 aliphatic heterocycles.